The van der Waals surface area contributed by atoms with E-state index >= 15 is 0 Å². The van der Waals surface area contributed by atoms with Crippen LogP contribution in [-0.2, 0) is 9.53 Å². The maximum Gasteiger partial charge on any atom is 0.306 e. The molecule has 22 heavy (non-hydrogen) atoms. The Kier molecular flexibility index (Phi) is 5.09. The third-order valence-electron chi connectivity index (χ3n) is 3.31. The van der Waals surface area contributed by atoms with Crippen LogP contribution in [0, 0.1) is 11.6 Å². The van der Waals surface area contributed by atoms with E-state index in [1.54, 1.807) is 19.1 Å². The van der Waals surface area contributed by atoms with Crippen molar-refractivity contribution in [2.24, 2.45) is 0 Å². The molecule has 1 N–H and O–H groups in total. The van der Waals surface area contributed by atoms with Crippen molar-refractivity contribution < 1.29 is 23.4 Å². The van der Waals surface area contributed by atoms with Crippen LogP contribution in [0.2, 0.25) is 0 Å². The number of esters is 1. The Morgan fingerprint density at radius 2 is 1.86 bits per heavy atom. The second-order valence-electron chi connectivity index (χ2n) is 4.82. The summed E-state index contributed by atoms with van der Waals surface area (Å²) in [5.74, 6) is -2.41. The summed E-state index contributed by atoms with van der Waals surface area (Å²) < 4.78 is 32.1. The van der Waals surface area contributed by atoms with E-state index in [0.29, 0.717) is 5.56 Å². The van der Waals surface area contributed by atoms with Gasteiger partial charge in [-0.05, 0) is 36.2 Å². The van der Waals surface area contributed by atoms with Crippen LogP contribution >= 0.6 is 0 Å². The summed E-state index contributed by atoms with van der Waals surface area (Å²) in [5.41, 5.74) is 0.844. The van der Waals surface area contributed by atoms with Crippen molar-refractivity contribution in [2.75, 3.05) is 6.61 Å². The van der Waals surface area contributed by atoms with Gasteiger partial charge in [-0.15, -0.1) is 0 Å². The number of ether oxygens (including phenoxy) is 1. The van der Waals surface area contributed by atoms with Gasteiger partial charge in [-0.2, -0.15) is 0 Å². The molecule has 2 aromatic carbocycles. The van der Waals surface area contributed by atoms with Crippen LogP contribution in [0.5, 0.6) is 5.75 Å². The molecule has 2 aromatic rings. The lowest BCUT2D eigenvalue weighted by molar-refractivity contribution is -0.143. The minimum absolute atomic E-state index is 0.0678. The summed E-state index contributed by atoms with van der Waals surface area (Å²) in [6, 6.07) is 9.36. The third kappa shape index (κ3) is 3.81. The second-order valence-corrected chi connectivity index (χ2v) is 4.82. The number of rotatable bonds is 5. The zero-order chi connectivity index (χ0) is 16.1. The van der Waals surface area contributed by atoms with Gasteiger partial charge >= 0.3 is 5.97 Å². The lowest BCUT2D eigenvalue weighted by Gasteiger charge is -2.18. The molecule has 2 rings (SSSR count). The summed E-state index contributed by atoms with van der Waals surface area (Å²) >= 11 is 0. The predicted octanol–water partition coefficient (Wildman–Crippen LogP) is 3.76. The molecule has 0 amide bonds. The molecule has 0 aliphatic heterocycles. The van der Waals surface area contributed by atoms with Crippen LogP contribution in [0.3, 0.4) is 0 Å². The number of phenolic OH excluding ortho intramolecular Hbond substituents is 1. The molecule has 116 valence electrons. The summed E-state index contributed by atoms with van der Waals surface area (Å²) in [7, 11) is 0. The Labute approximate surface area is 127 Å². The predicted molar refractivity (Wildman–Crippen MR) is 77.6 cm³/mol. The number of phenols is 1. The number of hydrogen-bond acceptors (Lipinski definition) is 3. The number of halogens is 2. The molecule has 1 atom stereocenters. The first-order valence-electron chi connectivity index (χ1n) is 6.90. The lowest BCUT2D eigenvalue weighted by Crippen LogP contribution is -2.13. The van der Waals surface area contributed by atoms with Crippen molar-refractivity contribution in [3.8, 4) is 5.75 Å². The van der Waals surface area contributed by atoms with Gasteiger partial charge < -0.3 is 9.84 Å². The zero-order valence-corrected chi connectivity index (χ0v) is 12.1. The molecule has 0 aliphatic rings. The lowest BCUT2D eigenvalue weighted by atomic mass is 9.88. The standard InChI is InChI=1S/C17H16F2O3/c1-2-22-17(21)10-15(11-3-6-13(20)7-4-11)14-8-5-12(18)9-16(14)19/h3-9,15,20H,2,10H2,1H3. The average molecular weight is 306 g/mol. The first-order chi connectivity index (χ1) is 10.5. The van der Waals surface area contributed by atoms with E-state index in [2.05, 4.69) is 0 Å². The normalized spacial score (nSPS) is 12.0. The van der Waals surface area contributed by atoms with Gasteiger partial charge in [-0.3, -0.25) is 4.79 Å². The molecule has 1 unspecified atom stereocenters. The largest absolute Gasteiger partial charge is 0.508 e. The molecule has 0 saturated heterocycles. The van der Waals surface area contributed by atoms with Gasteiger partial charge in [0.2, 0.25) is 0 Å². The van der Waals surface area contributed by atoms with E-state index in [9.17, 15) is 18.7 Å². The first kappa shape index (κ1) is 15.9. The molecule has 0 aliphatic carbocycles. The van der Waals surface area contributed by atoms with E-state index in [0.717, 1.165) is 12.1 Å². The Morgan fingerprint density at radius 1 is 1.18 bits per heavy atom. The molecular weight excluding hydrogens is 290 g/mol. The van der Waals surface area contributed by atoms with Crippen LogP contribution in [0.15, 0.2) is 42.5 Å². The van der Waals surface area contributed by atoms with Gasteiger partial charge in [0.15, 0.2) is 0 Å². The average Bonchev–Trinajstić information content (AvgIpc) is 2.47. The zero-order valence-electron chi connectivity index (χ0n) is 12.1. The van der Waals surface area contributed by atoms with Crippen molar-refractivity contribution in [3.63, 3.8) is 0 Å². The summed E-state index contributed by atoms with van der Waals surface area (Å²) in [6.07, 6.45) is -0.0683. The monoisotopic (exact) mass is 306 g/mol. The molecule has 0 fully saturated rings. The minimum Gasteiger partial charge on any atom is -0.508 e. The summed E-state index contributed by atoms with van der Waals surface area (Å²) in [4.78, 5) is 11.8. The highest BCUT2D eigenvalue weighted by atomic mass is 19.1. The van der Waals surface area contributed by atoms with Gasteiger partial charge in [0.25, 0.3) is 0 Å². The molecule has 0 aromatic heterocycles. The number of hydrogen-bond donors (Lipinski definition) is 1. The van der Waals surface area contributed by atoms with Gasteiger partial charge in [-0.25, -0.2) is 8.78 Å². The van der Waals surface area contributed by atoms with Crippen molar-refractivity contribution in [1.29, 1.82) is 0 Å². The number of carbonyl (C=O) groups is 1. The fraction of sp³-hybridized carbons (Fsp3) is 0.235. The molecule has 0 heterocycles. The number of aromatic hydroxyl groups is 1. The molecular formula is C17H16F2O3. The van der Waals surface area contributed by atoms with Gasteiger partial charge in [0.05, 0.1) is 13.0 Å². The Bertz CT molecular complexity index is 653. The highest BCUT2D eigenvalue weighted by Crippen LogP contribution is 2.31. The Morgan fingerprint density at radius 3 is 2.45 bits per heavy atom. The highest BCUT2D eigenvalue weighted by Gasteiger charge is 2.22. The van der Waals surface area contributed by atoms with Crippen LogP contribution in [-0.4, -0.2) is 17.7 Å². The minimum atomic E-state index is -0.720. The molecule has 0 bridgehead atoms. The molecule has 0 radical (unpaired) electrons. The van der Waals surface area contributed by atoms with Crippen molar-refractivity contribution in [3.05, 3.63) is 65.2 Å². The van der Waals surface area contributed by atoms with Crippen molar-refractivity contribution in [1.82, 2.24) is 0 Å². The van der Waals surface area contributed by atoms with E-state index in [1.165, 1.54) is 18.2 Å². The third-order valence-corrected chi connectivity index (χ3v) is 3.31. The SMILES string of the molecule is CCOC(=O)CC(c1ccc(O)cc1)c1ccc(F)cc1F. The van der Waals surface area contributed by atoms with E-state index < -0.39 is 23.5 Å². The van der Waals surface area contributed by atoms with Crippen molar-refractivity contribution >= 4 is 5.97 Å². The fourth-order valence-corrected chi connectivity index (χ4v) is 2.28. The van der Waals surface area contributed by atoms with E-state index in [4.69, 9.17) is 4.74 Å². The number of benzene rings is 2. The Balaban J connectivity index is 2.40. The topological polar surface area (TPSA) is 46.5 Å². The molecule has 0 spiro atoms. The molecule has 5 heteroatoms. The first-order valence-corrected chi connectivity index (χ1v) is 6.90. The van der Waals surface area contributed by atoms with Crippen LogP contribution < -0.4 is 0 Å². The van der Waals surface area contributed by atoms with Crippen LogP contribution in [0.4, 0.5) is 8.78 Å². The van der Waals surface area contributed by atoms with Crippen LogP contribution in [0.1, 0.15) is 30.4 Å². The van der Waals surface area contributed by atoms with Crippen molar-refractivity contribution in [2.45, 2.75) is 19.3 Å². The maximum atomic E-state index is 14.1. The van der Waals surface area contributed by atoms with E-state index in [-0.39, 0.29) is 24.3 Å². The van der Waals surface area contributed by atoms with Gasteiger partial charge in [0.1, 0.15) is 17.4 Å². The maximum absolute atomic E-state index is 14.1. The second kappa shape index (κ2) is 7.02. The summed E-state index contributed by atoms with van der Waals surface area (Å²) in [5, 5.41) is 9.35. The highest BCUT2D eigenvalue weighted by molar-refractivity contribution is 5.71. The summed E-state index contributed by atoms with van der Waals surface area (Å²) in [6.45, 7) is 1.92. The molecule has 0 saturated carbocycles. The Hall–Kier alpha value is -2.43. The number of carbonyl (C=O) groups excluding carboxylic acids is 1. The fourth-order valence-electron chi connectivity index (χ4n) is 2.28. The smallest absolute Gasteiger partial charge is 0.306 e. The molecule has 3 nitrogen and oxygen atoms in total. The quantitative estimate of drug-likeness (QED) is 0.856. The van der Waals surface area contributed by atoms with Gasteiger partial charge in [-0.1, -0.05) is 18.2 Å². The van der Waals surface area contributed by atoms with Gasteiger partial charge in [0, 0.05) is 12.0 Å². The van der Waals surface area contributed by atoms with Crippen LogP contribution in [0.25, 0.3) is 0 Å². The van der Waals surface area contributed by atoms with E-state index in [1.807, 2.05) is 0 Å².